The maximum absolute atomic E-state index is 12.1. The Morgan fingerprint density at radius 3 is 2.33 bits per heavy atom. The molecule has 0 bridgehead atoms. The molecule has 0 heterocycles. The number of amides is 2. The monoisotopic (exact) mass is 368 g/mol. The van der Waals surface area contributed by atoms with Gasteiger partial charge >= 0.3 is 0 Å². The number of nitrogens with one attached hydrogen (secondary N) is 1. The molecule has 0 fully saturated rings. The number of nitrogens with zero attached hydrogens (tertiary/aromatic N) is 1. The number of anilines is 1. The van der Waals surface area contributed by atoms with Gasteiger partial charge in [0.1, 0.15) is 5.75 Å². The maximum atomic E-state index is 12.1. The molecule has 2 aromatic carbocycles. The van der Waals surface area contributed by atoms with Crippen molar-refractivity contribution in [3.05, 3.63) is 59.7 Å². The van der Waals surface area contributed by atoms with Crippen LogP contribution in [0, 0.1) is 0 Å². The molecule has 0 atom stereocenters. The number of Topliss-reactive ketones (excluding diaryl/α,β-unsaturated/α-hetero) is 1. The zero-order valence-electron chi connectivity index (χ0n) is 15.8. The molecule has 0 saturated heterocycles. The molecular weight excluding hydrogens is 344 g/mol. The van der Waals surface area contributed by atoms with E-state index in [1.165, 1.54) is 13.8 Å². The Morgan fingerprint density at radius 1 is 1.04 bits per heavy atom. The van der Waals surface area contributed by atoms with Gasteiger partial charge in [0.2, 0.25) is 11.8 Å². The lowest BCUT2D eigenvalue weighted by atomic mass is 10.1. The summed E-state index contributed by atoms with van der Waals surface area (Å²) in [6.45, 7) is 3.58. The van der Waals surface area contributed by atoms with Gasteiger partial charge < -0.3 is 15.0 Å². The summed E-state index contributed by atoms with van der Waals surface area (Å²) in [7, 11) is 1.59. The second kappa shape index (κ2) is 9.52. The fourth-order valence-electron chi connectivity index (χ4n) is 2.66. The SMILES string of the molecule is COc1ccc(CC(=O)NCCN(C(C)=O)c2cccc(C(C)=O)c2)cc1. The molecule has 6 nitrogen and oxygen atoms in total. The minimum Gasteiger partial charge on any atom is -0.497 e. The van der Waals surface area contributed by atoms with Crippen molar-refractivity contribution in [1.29, 1.82) is 0 Å². The molecule has 0 aliphatic heterocycles. The standard InChI is InChI=1S/C21H24N2O4/c1-15(24)18-5-4-6-19(14-18)23(16(2)25)12-11-22-21(26)13-17-7-9-20(27-3)10-8-17/h4-10,14H,11-13H2,1-3H3,(H,22,26). The molecule has 0 radical (unpaired) electrons. The topological polar surface area (TPSA) is 75.7 Å². The van der Waals surface area contributed by atoms with E-state index in [4.69, 9.17) is 4.74 Å². The number of hydrogen-bond donors (Lipinski definition) is 1. The average molecular weight is 368 g/mol. The van der Waals surface area contributed by atoms with Gasteiger partial charge in [-0.05, 0) is 36.8 Å². The third-order valence-electron chi connectivity index (χ3n) is 4.13. The summed E-state index contributed by atoms with van der Waals surface area (Å²) >= 11 is 0. The molecule has 0 spiro atoms. The quantitative estimate of drug-likeness (QED) is 0.727. The fraction of sp³-hybridized carbons (Fsp3) is 0.286. The van der Waals surface area contributed by atoms with Gasteiger partial charge in [-0.25, -0.2) is 0 Å². The van der Waals surface area contributed by atoms with E-state index < -0.39 is 0 Å². The van der Waals surface area contributed by atoms with Crippen LogP contribution in [0.1, 0.15) is 29.8 Å². The Kier molecular flexibility index (Phi) is 7.11. The Morgan fingerprint density at radius 2 is 1.74 bits per heavy atom. The number of benzene rings is 2. The number of ketones is 1. The molecule has 2 rings (SSSR count). The van der Waals surface area contributed by atoms with E-state index in [-0.39, 0.29) is 24.0 Å². The Hall–Kier alpha value is -3.15. The van der Waals surface area contributed by atoms with Gasteiger partial charge in [-0.3, -0.25) is 14.4 Å². The fourth-order valence-corrected chi connectivity index (χ4v) is 2.66. The lowest BCUT2D eigenvalue weighted by molar-refractivity contribution is -0.121. The summed E-state index contributed by atoms with van der Waals surface area (Å²) in [5.74, 6) is 0.401. The summed E-state index contributed by atoms with van der Waals surface area (Å²) < 4.78 is 5.09. The zero-order chi connectivity index (χ0) is 19.8. The summed E-state index contributed by atoms with van der Waals surface area (Å²) in [5, 5.41) is 2.82. The van der Waals surface area contributed by atoms with Gasteiger partial charge in [-0.1, -0.05) is 24.3 Å². The highest BCUT2D eigenvalue weighted by atomic mass is 16.5. The number of rotatable bonds is 8. The van der Waals surface area contributed by atoms with Gasteiger partial charge in [0.05, 0.1) is 13.5 Å². The van der Waals surface area contributed by atoms with Crippen molar-refractivity contribution in [3.8, 4) is 5.75 Å². The molecule has 0 aromatic heterocycles. The molecular formula is C21H24N2O4. The number of carbonyl (C=O) groups excluding carboxylic acids is 3. The molecule has 2 aromatic rings. The average Bonchev–Trinajstić information content (AvgIpc) is 2.65. The number of hydrogen-bond acceptors (Lipinski definition) is 4. The molecule has 27 heavy (non-hydrogen) atoms. The van der Waals surface area contributed by atoms with Crippen molar-refractivity contribution in [2.75, 3.05) is 25.1 Å². The highest BCUT2D eigenvalue weighted by molar-refractivity contribution is 5.97. The van der Waals surface area contributed by atoms with Crippen LogP contribution in [0.25, 0.3) is 0 Å². The summed E-state index contributed by atoms with van der Waals surface area (Å²) in [6.07, 6.45) is 0.254. The maximum Gasteiger partial charge on any atom is 0.224 e. The first kappa shape index (κ1) is 20.2. The first-order valence-electron chi connectivity index (χ1n) is 8.69. The van der Waals surface area contributed by atoms with Crippen LogP contribution in [0.2, 0.25) is 0 Å². The van der Waals surface area contributed by atoms with E-state index in [9.17, 15) is 14.4 Å². The minimum absolute atomic E-state index is 0.0619. The van der Waals surface area contributed by atoms with Crippen molar-refractivity contribution in [2.45, 2.75) is 20.3 Å². The van der Waals surface area contributed by atoms with Crippen LogP contribution in [-0.4, -0.2) is 37.8 Å². The second-order valence-electron chi connectivity index (χ2n) is 6.15. The molecule has 142 valence electrons. The number of methoxy groups -OCH3 is 1. The summed E-state index contributed by atoms with van der Waals surface area (Å²) in [6, 6.07) is 14.2. The van der Waals surface area contributed by atoms with E-state index in [1.807, 2.05) is 24.3 Å². The van der Waals surface area contributed by atoms with E-state index >= 15 is 0 Å². The molecule has 6 heteroatoms. The zero-order valence-corrected chi connectivity index (χ0v) is 15.8. The first-order valence-corrected chi connectivity index (χ1v) is 8.69. The number of ether oxygens (including phenoxy) is 1. The summed E-state index contributed by atoms with van der Waals surface area (Å²) in [5.41, 5.74) is 2.06. The highest BCUT2D eigenvalue weighted by Crippen LogP contribution is 2.17. The van der Waals surface area contributed by atoms with Crippen molar-refractivity contribution in [3.63, 3.8) is 0 Å². The van der Waals surface area contributed by atoms with Crippen molar-refractivity contribution < 1.29 is 19.1 Å². The Labute approximate surface area is 159 Å². The van der Waals surface area contributed by atoms with E-state index in [0.29, 0.717) is 24.3 Å². The lowest BCUT2D eigenvalue weighted by Crippen LogP contribution is -2.38. The van der Waals surface area contributed by atoms with Crippen molar-refractivity contribution in [1.82, 2.24) is 5.32 Å². The summed E-state index contributed by atoms with van der Waals surface area (Å²) in [4.78, 5) is 37.2. The van der Waals surface area contributed by atoms with Gasteiger partial charge in [-0.2, -0.15) is 0 Å². The smallest absolute Gasteiger partial charge is 0.224 e. The van der Waals surface area contributed by atoms with Crippen LogP contribution in [0.3, 0.4) is 0 Å². The van der Waals surface area contributed by atoms with Gasteiger partial charge in [0, 0.05) is 31.3 Å². The molecule has 0 aliphatic carbocycles. The molecule has 1 N–H and O–H groups in total. The second-order valence-corrected chi connectivity index (χ2v) is 6.15. The van der Waals surface area contributed by atoms with Crippen LogP contribution in [0.4, 0.5) is 5.69 Å². The van der Waals surface area contributed by atoms with Gasteiger partial charge in [-0.15, -0.1) is 0 Å². The molecule has 2 amide bonds. The predicted octanol–water partition coefficient (Wildman–Crippen LogP) is 2.61. The molecule has 0 aliphatic rings. The van der Waals surface area contributed by atoms with Crippen LogP contribution in [0.15, 0.2) is 48.5 Å². The minimum atomic E-state index is -0.153. The van der Waals surface area contributed by atoms with E-state index in [1.54, 1.807) is 36.3 Å². The Balaban J connectivity index is 1.92. The van der Waals surface area contributed by atoms with Crippen LogP contribution < -0.4 is 15.0 Å². The van der Waals surface area contributed by atoms with Crippen LogP contribution >= 0.6 is 0 Å². The largest absolute Gasteiger partial charge is 0.497 e. The van der Waals surface area contributed by atoms with Crippen molar-refractivity contribution in [2.24, 2.45) is 0 Å². The highest BCUT2D eigenvalue weighted by Gasteiger charge is 2.13. The lowest BCUT2D eigenvalue weighted by Gasteiger charge is -2.22. The Bertz CT molecular complexity index is 815. The normalized spacial score (nSPS) is 10.2. The molecule has 0 saturated carbocycles. The van der Waals surface area contributed by atoms with Gasteiger partial charge in [0.15, 0.2) is 5.78 Å². The number of carbonyl (C=O) groups is 3. The van der Waals surface area contributed by atoms with Crippen LogP contribution in [0.5, 0.6) is 5.75 Å². The van der Waals surface area contributed by atoms with E-state index in [2.05, 4.69) is 5.32 Å². The first-order chi connectivity index (χ1) is 12.9. The third kappa shape index (κ3) is 5.95. The van der Waals surface area contributed by atoms with Gasteiger partial charge in [0.25, 0.3) is 0 Å². The van der Waals surface area contributed by atoms with Crippen molar-refractivity contribution >= 4 is 23.3 Å². The third-order valence-corrected chi connectivity index (χ3v) is 4.13. The molecule has 0 unspecified atom stereocenters. The van der Waals surface area contributed by atoms with Crippen LogP contribution in [-0.2, 0) is 16.0 Å². The van der Waals surface area contributed by atoms with E-state index in [0.717, 1.165) is 11.3 Å². The predicted molar refractivity (Wildman–Crippen MR) is 104 cm³/mol.